The Balaban J connectivity index is -0.000000454. The van der Waals surface area contributed by atoms with Crippen LogP contribution in [0.2, 0.25) is 0 Å². The average molecular weight is 1320 g/mol. The normalized spacial score (nSPS) is 16.4. The summed E-state index contributed by atoms with van der Waals surface area (Å²) < 4.78 is 45.8. The molecule has 2 saturated heterocycles. The van der Waals surface area contributed by atoms with Crippen LogP contribution in [0.5, 0.6) is 0 Å². The third-order valence-corrected chi connectivity index (χ3v) is 11.5. The van der Waals surface area contributed by atoms with Crippen molar-refractivity contribution < 1.29 is 155 Å². The molecular weight excluding hydrogens is 1240 g/mol. The Kier molecular flexibility index (Phi) is 55.6. The van der Waals surface area contributed by atoms with Crippen LogP contribution in [-0.4, -0.2) is 249 Å². The topological polar surface area (TPSA) is 522 Å². The fourth-order valence-corrected chi connectivity index (χ4v) is 7.56. The van der Waals surface area contributed by atoms with Crippen LogP contribution in [0.3, 0.4) is 0 Å². The predicted molar refractivity (Wildman–Crippen MR) is 290 cm³/mol. The van der Waals surface area contributed by atoms with Gasteiger partial charge < -0.3 is 116 Å². The number of carboxylic acids is 4. The number of carbonyl (C=O) groups is 4. The second-order valence-electron chi connectivity index (χ2n) is 17.2. The van der Waals surface area contributed by atoms with Gasteiger partial charge in [-0.2, -0.15) is 0 Å². The maximum absolute atomic E-state index is 11.1. The Hall–Kier alpha value is -5.03. The van der Waals surface area contributed by atoms with Crippen molar-refractivity contribution >= 4 is 23.9 Å². The summed E-state index contributed by atoms with van der Waals surface area (Å²) in [7, 11) is 0. The Morgan fingerprint density at radius 2 is 0.459 bits per heavy atom. The molecule has 4 aromatic heterocycles. The molecule has 0 saturated carbocycles. The molecule has 16 N–H and O–H groups in total. The Morgan fingerprint density at radius 3 is 0.600 bits per heavy atom. The molecular formula is C52H84N8O23Zn2+2. The summed E-state index contributed by atoms with van der Waals surface area (Å²) >= 11 is 0. The molecule has 0 atom stereocenters. The molecule has 2 aliphatic rings. The van der Waals surface area contributed by atoms with Gasteiger partial charge in [-0.15, -0.1) is 0 Å². The van der Waals surface area contributed by atoms with Crippen LogP contribution in [0.1, 0.15) is 64.7 Å². The van der Waals surface area contributed by atoms with Gasteiger partial charge >= 0.3 is 39.0 Å². The zero-order valence-corrected chi connectivity index (χ0v) is 53.8. The number of carboxylic acid groups (broad SMARTS) is 4. The van der Waals surface area contributed by atoms with Gasteiger partial charge in [0.25, 0.3) is 0 Å². The van der Waals surface area contributed by atoms with E-state index in [-0.39, 0.29) is 100 Å². The van der Waals surface area contributed by atoms with Crippen molar-refractivity contribution in [2.45, 2.75) is 26.2 Å². The van der Waals surface area contributed by atoms with Crippen molar-refractivity contribution in [3.63, 3.8) is 0 Å². The maximum atomic E-state index is 11.1. The van der Waals surface area contributed by atoms with E-state index in [4.69, 9.17) is 37.9 Å². The molecule has 472 valence electrons. The van der Waals surface area contributed by atoms with Crippen molar-refractivity contribution in [2.75, 3.05) is 158 Å². The third kappa shape index (κ3) is 38.0. The number of carbonyl (C=O) groups excluding carboxylic acids is 4. The van der Waals surface area contributed by atoms with Crippen molar-refractivity contribution in [1.29, 1.82) is 0 Å². The molecule has 31 nitrogen and oxygen atoms in total. The van der Waals surface area contributed by atoms with E-state index < -0.39 is 23.9 Å². The molecule has 0 bridgehead atoms. The molecule has 0 aromatic carbocycles. The molecule has 2 aliphatic heterocycles. The van der Waals surface area contributed by atoms with Crippen LogP contribution in [0.4, 0.5) is 0 Å². The van der Waals surface area contributed by atoms with Crippen LogP contribution in [0, 0.1) is 0 Å². The van der Waals surface area contributed by atoms with Crippen molar-refractivity contribution in [3.05, 3.63) is 118 Å². The van der Waals surface area contributed by atoms with E-state index in [2.05, 4.69) is 39.5 Å². The van der Waals surface area contributed by atoms with Crippen molar-refractivity contribution in [1.82, 2.24) is 39.5 Å². The molecule has 4 aromatic rings. The maximum Gasteiger partial charge on any atom is 2.00 e. The van der Waals surface area contributed by atoms with E-state index in [1.165, 1.54) is 24.3 Å². The van der Waals surface area contributed by atoms with Gasteiger partial charge in [0.15, 0.2) is 0 Å². The number of hydrogen-bond donors (Lipinski definition) is 0. The monoisotopic (exact) mass is 1320 g/mol. The van der Waals surface area contributed by atoms with Crippen LogP contribution >= 0.6 is 0 Å². The van der Waals surface area contributed by atoms with Gasteiger partial charge in [0.05, 0.1) is 175 Å². The van der Waals surface area contributed by atoms with Gasteiger partial charge in [-0.25, -0.2) is 0 Å². The van der Waals surface area contributed by atoms with Crippen molar-refractivity contribution in [3.8, 4) is 0 Å². The van der Waals surface area contributed by atoms with Crippen LogP contribution < -0.4 is 20.4 Å². The number of hydrogen-bond acceptors (Lipinski definition) is 24. The SMILES string of the molecule is O.O.O.O.O.O=C([O-])c1cccc(CN2CCOCCOCCN(Cc3cccc(C(=O)[O-])n3)CCOCCOCC2)n1.O=C([O-])c1cccc(CN2CCOCCOCCN(Cc3cccc(C(=O)[O-])n3)CCOCCOCC2)n1.[OH3+].[OH3+].[Zn+2].[Zn+2]. The first-order chi connectivity index (χ1) is 37.0. The standard InChI is InChI=1S/2C26H36N4O8.7H2O.2Zn/c2*31-25(32)23-5-1-3-21(27-23)19-29-7-11-35-15-17-37-13-9-30(10-14-38-18-16-36-12-8-29)20-22-4-2-6-24(28-22)26(33)34;;;;;;;;;/h2*1-6H,7-20H2,(H,31,32)(H,33,34);7*1H2;;/q;;;;;;;;;2*+2/p-2. The van der Waals surface area contributed by atoms with Gasteiger partial charge in [0.2, 0.25) is 0 Å². The first-order valence-electron chi connectivity index (χ1n) is 25.2. The number of nitrogens with zero attached hydrogens (tertiary/aromatic N) is 8. The zero-order chi connectivity index (χ0) is 54.0. The summed E-state index contributed by atoms with van der Waals surface area (Å²) in [5.41, 5.74) is 2.16. The van der Waals surface area contributed by atoms with E-state index in [0.29, 0.717) is 207 Å². The molecule has 2 fully saturated rings. The van der Waals surface area contributed by atoms with E-state index in [9.17, 15) is 39.6 Å². The largest absolute Gasteiger partial charge is 2.00 e. The molecule has 85 heavy (non-hydrogen) atoms. The van der Waals surface area contributed by atoms with Gasteiger partial charge in [0.1, 0.15) is 0 Å². The van der Waals surface area contributed by atoms with E-state index >= 15 is 0 Å². The molecule has 0 amide bonds. The molecule has 6 rings (SSSR count). The number of aromatic carboxylic acids is 4. The first-order valence-corrected chi connectivity index (χ1v) is 25.2. The van der Waals surface area contributed by atoms with Crippen LogP contribution in [0.25, 0.3) is 0 Å². The number of pyridine rings is 4. The minimum atomic E-state index is -1.30. The molecule has 0 radical (unpaired) electrons. The molecule has 0 aliphatic carbocycles. The second kappa shape index (κ2) is 53.2. The summed E-state index contributed by atoms with van der Waals surface area (Å²) in [4.78, 5) is 69.4. The average Bonchev–Trinajstić information content (AvgIpc) is 3.46. The Morgan fingerprint density at radius 1 is 0.306 bits per heavy atom. The van der Waals surface area contributed by atoms with E-state index in [0.717, 1.165) is 0 Å². The Bertz CT molecular complexity index is 2010. The molecule has 33 heteroatoms. The van der Waals surface area contributed by atoms with Crippen LogP contribution in [0.15, 0.2) is 72.8 Å². The van der Waals surface area contributed by atoms with Gasteiger partial charge in [0, 0.05) is 78.5 Å². The predicted octanol–water partition coefficient (Wildman–Crippen LogP) is -8.80. The van der Waals surface area contributed by atoms with Crippen molar-refractivity contribution in [2.24, 2.45) is 0 Å². The fourth-order valence-electron chi connectivity index (χ4n) is 7.56. The summed E-state index contributed by atoms with van der Waals surface area (Å²) in [5, 5.41) is 44.5. The van der Waals surface area contributed by atoms with Crippen LogP contribution in [-0.2, 0) is 114 Å². The minimum Gasteiger partial charge on any atom is -0.543 e. The summed E-state index contributed by atoms with van der Waals surface area (Å²) in [6, 6.07) is 19.4. The van der Waals surface area contributed by atoms with Gasteiger partial charge in [-0.3, -0.25) is 39.5 Å². The smallest absolute Gasteiger partial charge is 0.543 e. The summed E-state index contributed by atoms with van der Waals surface area (Å²) in [6.45, 7) is 14.0. The minimum absolute atomic E-state index is 0. The molecule has 6 heterocycles. The number of ether oxygens (including phenoxy) is 8. The van der Waals surface area contributed by atoms with Gasteiger partial charge in [-0.1, -0.05) is 24.3 Å². The molecule has 0 unspecified atom stereocenters. The molecule has 0 spiro atoms. The third-order valence-electron chi connectivity index (χ3n) is 11.5. The summed E-state index contributed by atoms with van der Waals surface area (Å²) in [6.07, 6.45) is 0. The summed E-state index contributed by atoms with van der Waals surface area (Å²) in [5.74, 6) is -5.21. The van der Waals surface area contributed by atoms with Gasteiger partial charge in [-0.05, 0) is 48.5 Å². The quantitative estimate of drug-likeness (QED) is 0.0939. The number of rotatable bonds is 12. The van der Waals surface area contributed by atoms with E-state index in [1.807, 2.05) is 0 Å². The second-order valence-corrected chi connectivity index (χ2v) is 17.2. The first kappa shape index (κ1) is 88.7. The fraction of sp³-hybridized carbons (Fsp3) is 0.538. The van der Waals surface area contributed by atoms with E-state index in [1.54, 1.807) is 48.5 Å². The zero-order valence-electron chi connectivity index (χ0n) is 47.9. The Labute approximate surface area is 518 Å². The number of aromatic nitrogens is 4.